The van der Waals surface area contributed by atoms with Crippen LogP contribution in [0.25, 0.3) is 0 Å². The minimum Gasteiger partial charge on any atom is -0.497 e. The number of hydrogen-bond donors (Lipinski definition) is 0. The summed E-state index contributed by atoms with van der Waals surface area (Å²) in [4.78, 5) is 26.9. The van der Waals surface area contributed by atoms with Gasteiger partial charge in [-0.25, -0.2) is 0 Å². The Bertz CT molecular complexity index is 790. The number of ether oxygens (including phenoxy) is 2. The van der Waals surface area contributed by atoms with Crippen LogP contribution in [-0.4, -0.2) is 43.4 Å². The highest BCUT2D eigenvalue weighted by Gasteiger charge is 2.28. The molecule has 0 bridgehead atoms. The summed E-state index contributed by atoms with van der Waals surface area (Å²) in [7, 11) is 1.60. The number of hydrogen-bond acceptors (Lipinski definition) is 4. The SMILES string of the molecule is CCc1ccc(OCC(=O)N2CCC(C(=O)c3ccc(OC)cc3)CC2)cc1. The van der Waals surface area contributed by atoms with Crippen LogP contribution < -0.4 is 9.47 Å². The highest BCUT2D eigenvalue weighted by molar-refractivity contribution is 5.98. The van der Waals surface area contributed by atoms with Gasteiger partial charge in [0.1, 0.15) is 11.5 Å². The second-order valence-electron chi connectivity index (χ2n) is 7.03. The van der Waals surface area contributed by atoms with E-state index in [0.29, 0.717) is 37.2 Å². The lowest BCUT2D eigenvalue weighted by Crippen LogP contribution is -2.42. The summed E-state index contributed by atoms with van der Waals surface area (Å²) in [6.07, 6.45) is 2.34. The van der Waals surface area contributed by atoms with Crippen LogP contribution in [0.2, 0.25) is 0 Å². The van der Waals surface area contributed by atoms with Gasteiger partial charge in [0.25, 0.3) is 5.91 Å². The molecule has 2 aromatic carbocycles. The topological polar surface area (TPSA) is 55.8 Å². The smallest absolute Gasteiger partial charge is 0.260 e. The highest BCUT2D eigenvalue weighted by Crippen LogP contribution is 2.23. The third-order valence-electron chi connectivity index (χ3n) is 5.29. The van der Waals surface area contributed by atoms with E-state index in [0.717, 1.165) is 12.2 Å². The van der Waals surface area contributed by atoms with Crippen molar-refractivity contribution in [2.45, 2.75) is 26.2 Å². The molecule has 0 atom stereocenters. The number of benzene rings is 2. The van der Waals surface area contributed by atoms with Gasteiger partial charge in [0, 0.05) is 24.6 Å². The zero-order valence-electron chi connectivity index (χ0n) is 16.5. The fourth-order valence-corrected chi connectivity index (χ4v) is 3.44. The van der Waals surface area contributed by atoms with E-state index < -0.39 is 0 Å². The number of piperidine rings is 1. The summed E-state index contributed by atoms with van der Waals surface area (Å²) in [6, 6.07) is 15.0. The molecule has 0 aliphatic carbocycles. The summed E-state index contributed by atoms with van der Waals surface area (Å²) >= 11 is 0. The first-order chi connectivity index (χ1) is 13.6. The number of carbonyl (C=O) groups excluding carboxylic acids is 2. The first-order valence-corrected chi connectivity index (χ1v) is 9.78. The molecule has 0 saturated carbocycles. The molecule has 0 spiro atoms. The number of rotatable bonds is 7. The summed E-state index contributed by atoms with van der Waals surface area (Å²) in [6.45, 7) is 3.30. The second-order valence-corrected chi connectivity index (χ2v) is 7.03. The second kappa shape index (κ2) is 9.40. The summed E-state index contributed by atoms with van der Waals surface area (Å²) in [5, 5.41) is 0. The van der Waals surface area contributed by atoms with Crippen molar-refractivity contribution in [2.24, 2.45) is 5.92 Å². The van der Waals surface area contributed by atoms with Crippen molar-refractivity contribution in [3.8, 4) is 11.5 Å². The molecule has 2 aromatic rings. The number of carbonyl (C=O) groups is 2. The van der Waals surface area contributed by atoms with Crippen molar-refractivity contribution >= 4 is 11.7 Å². The van der Waals surface area contributed by atoms with Crippen LogP contribution in [-0.2, 0) is 11.2 Å². The minimum absolute atomic E-state index is 0.0303. The zero-order valence-corrected chi connectivity index (χ0v) is 16.5. The van der Waals surface area contributed by atoms with Crippen molar-refractivity contribution in [3.05, 3.63) is 59.7 Å². The third-order valence-corrected chi connectivity index (χ3v) is 5.29. The van der Waals surface area contributed by atoms with E-state index in [4.69, 9.17) is 9.47 Å². The maximum Gasteiger partial charge on any atom is 0.260 e. The van der Waals surface area contributed by atoms with Crippen LogP contribution in [0.4, 0.5) is 0 Å². The lowest BCUT2D eigenvalue weighted by atomic mass is 9.89. The van der Waals surface area contributed by atoms with Crippen LogP contribution in [0.3, 0.4) is 0 Å². The first-order valence-electron chi connectivity index (χ1n) is 9.78. The van der Waals surface area contributed by atoms with Gasteiger partial charge in [0.05, 0.1) is 7.11 Å². The Labute approximate surface area is 166 Å². The van der Waals surface area contributed by atoms with Gasteiger partial charge < -0.3 is 14.4 Å². The molecule has 5 nitrogen and oxygen atoms in total. The predicted octanol–water partition coefficient (Wildman–Crippen LogP) is 3.76. The Morgan fingerprint density at radius 2 is 1.57 bits per heavy atom. The number of ketones is 1. The molecular weight excluding hydrogens is 354 g/mol. The number of methoxy groups -OCH3 is 1. The lowest BCUT2D eigenvalue weighted by molar-refractivity contribution is -0.134. The molecule has 148 valence electrons. The fourth-order valence-electron chi connectivity index (χ4n) is 3.44. The molecule has 1 aliphatic heterocycles. The van der Waals surface area contributed by atoms with Gasteiger partial charge in [-0.05, 0) is 61.2 Å². The minimum atomic E-state index is -0.0417. The Balaban J connectivity index is 1.47. The van der Waals surface area contributed by atoms with Gasteiger partial charge in [-0.15, -0.1) is 0 Å². The molecular formula is C23H27NO4. The highest BCUT2D eigenvalue weighted by atomic mass is 16.5. The Morgan fingerprint density at radius 1 is 0.964 bits per heavy atom. The molecule has 0 N–H and O–H groups in total. The average molecular weight is 381 g/mol. The number of aryl methyl sites for hydroxylation is 1. The number of Topliss-reactive ketones (excluding diaryl/α,β-unsaturated/α-hetero) is 1. The quantitative estimate of drug-likeness (QED) is 0.686. The Hall–Kier alpha value is -2.82. The molecule has 1 saturated heterocycles. The Morgan fingerprint density at radius 3 is 2.14 bits per heavy atom. The number of likely N-dealkylation sites (tertiary alicyclic amines) is 1. The Kier molecular flexibility index (Phi) is 6.69. The number of nitrogens with zero attached hydrogens (tertiary/aromatic N) is 1. The summed E-state index contributed by atoms with van der Waals surface area (Å²) < 4.78 is 10.7. The van der Waals surface area contributed by atoms with E-state index in [9.17, 15) is 9.59 Å². The van der Waals surface area contributed by atoms with E-state index >= 15 is 0 Å². The van der Waals surface area contributed by atoms with E-state index in [1.54, 1.807) is 36.3 Å². The lowest BCUT2D eigenvalue weighted by Gasteiger charge is -2.31. The molecule has 28 heavy (non-hydrogen) atoms. The molecule has 0 unspecified atom stereocenters. The summed E-state index contributed by atoms with van der Waals surface area (Å²) in [5.41, 5.74) is 1.94. The van der Waals surface area contributed by atoms with Crippen LogP contribution >= 0.6 is 0 Å². The largest absolute Gasteiger partial charge is 0.497 e. The number of amides is 1. The van der Waals surface area contributed by atoms with Gasteiger partial charge in [-0.1, -0.05) is 19.1 Å². The van der Waals surface area contributed by atoms with Gasteiger partial charge in [0.15, 0.2) is 12.4 Å². The average Bonchev–Trinajstić information content (AvgIpc) is 2.77. The monoisotopic (exact) mass is 381 g/mol. The van der Waals surface area contributed by atoms with E-state index in [2.05, 4.69) is 6.92 Å². The zero-order chi connectivity index (χ0) is 19.9. The van der Waals surface area contributed by atoms with E-state index in [-0.39, 0.29) is 24.2 Å². The standard InChI is InChI=1S/C23H27NO4/c1-3-17-4-8-21(9-5-17)28-16-22(25)24-14-12-19(13-15-24)23(26)18-6-10-20(27-2)11-7-18/h4-11,19H,3,12-16H2,1-2H3. The van der Waals surface area contributed by atoms with Crippen molar-refractivity contribution in [3.63, 3.8) is 0 Å². The van der Waals surface area contributed by atoms with Crippen molar-refractivity contribution in [1.82, 2.24) is 4.90 Å². The predicted molar refractivity (Wildman–Crippen MR) is 108 cm³/mol. The van der Waals surface area contributed by atoms with Crippen LogP contribution in [0.15, 0.2) is 48.5 Å². The van der Waals surface area contributed by atoms with Gasteiger partial charge in [-0.2, -0.15) is 0 Å². The van der Waals surface area contributed by atoms with E-state index in [1.807, 2.05) is 24.3 Å². The first kappa shape index (κ1) is 19.9. The van der Waals surface area contributed by atoms with Gasteiger partial charge in [0.2, 0.25) is 0 Å². The maximum absolute atomic E-state index is 12.7. The molecule has 0 radical (unpaired) electrons. The van der Waals surface area contributed by atoms with Crippen molar-refractivity contribution < 1.29 is 19.1 Å². The van der Waals surface area contributed by atoms with E-state index in [1.165, 1.54) is 5.56 Å². The molecule has 0 aromatic heterocycles. The fraction of sp³-hybridized carbons (Fsp3) is 0.391. The van der Waals surface area contributed by atoms with Crippen LogP contribution in [0, 0.1) is 5.92 Å². The van der Waals surface area contributed by atoms with Crippen LogP contribution in [0.5, 0.6) is 11.5 Å². The third kappa shape index (κ3) is 4.91. The van der Waals surface area contributed by atoms with Gasteiger partial charge in [-0.3, -0.25) is 9.59 Å². The molecule has 5 heteroatoms. The summed E-state index contributed by atoms with van der Waals surface area (Å²) in [5.74, 6) is 1.51. The van der Waals surface area contributed by atoms with Crippen molar-refractivity contribution in [2.75, 3.05) is 26.8 Å². The maximum atomic E-state index is 12.7. The van der Waals surface area contributed by atoms with Crippen LogP contribution in [0.1, 0.15) is 35.7 Å². The van der Waals surface area contributed by atoms with Crippen molar-refractivity contribution in [1.29, 1.82) is 0 Å². The molecule has 1 aliphatic rings. The molecule has 1 fully saturated rings. The molecule has 3 rings (SSSR count). The molecule has 1 amide bonds. The normalized spacial score (nSPS) is 14.6. The van der Waals surface area contributed by atoms with Gasteiger partial charge >= 0.3 is 0 Å². The molecule has 1 heterocycles.